The van der Waals surface area contributed by atoms with Crippen molar-refractivity contribution in [2.45, 2.75) is 104 Å². The molecular weight excluding hydrogens is 458 g/mol. The number of Topliss-reactive ketones (excluding diaryl/α,β-unsaturated/α-hetero) is 1. The first-order chi connectivity index (χ1) is 16.8. The average molecular weight is 496 g/mol. The summed E-state index contributed by atoms with van der Waals surface area (Å²) in [7, 11) is 0. The van der Waals surface area contributed by atoms with E-state index in [4.69, 9.17) is 9.47 Å². The van der Waals surface area contributed by atoms with E-state index >= 15 is 0 Å². The molecule has 10 atom stereocenters. The van der Waals surface area contributed by atoms with Crippen molar-refractivity contribution in [1.29, 1.82) is 0 Å². The number of nitrogens with zero attached hydrogens (tertiary/aromatic N) is 1. The van der Waals surface area contributed by atoms with E-state index in [-0.39, 0.29) is 54.0 Å². The fraction of sp³-hybridized carbons (Fsp3) is 0.793. The molecule has 0 N–H and O–H groups in total. The van der Waals surface area contributed by atoms with E-state index in [1.165, 1.54) is 0 Å². The standard InChI is InChI=1S/C29H37NO6/c1-15-8-18-17(19(31)9-15)11-20(32)23-25(18,3)14-29-27(5,26(23,4)13-22(33)36-29)6-7-28-12-16(2)10-21(35-28)24(34)30(28)29/h9,16-18,21,23H,6-8,10-14H2,1-5H3. The fourth-order valence-corrected chi connectivity index (χ4v) is 10.8. The molecule has 4 saturated heterocycles. The molecule has 0 aromatic rings. The van der Waals surface area contributed by atoms with Crippen molar-refractivity contribution in [3.63, 3.8) is 0 Å². The lowest BCUT2D eigenvalue weighted by Gasteiger charge is -2.76. The van der Waals surface area contributed by atoms with Gasteiger partial charge in [0.05, 0.1) is 6.42 Å². The van der Waals surface area contributed by atoms with Crippen LogP contribution in [0.1, 0.15) is 86.0 Å². The van der Waals surface area contributed by atoms with Gasteiger partial charge < -0.3 is 9.47 Å². The number of fused-ring (bicyclic) bond motifs is 5. The van der Waals surface area contributed by atoms with E-state index in [9.17, 15) is 19.2 Å². The van der Waals surface area contributed by atoms with Gasteiger partial charge in [-0.3, -0.25) is 24.1 Å². The van der Waals surface area contributed by atoms with Gasteiger partial charge in [0.15, 0.2) is 11.5 Å². The summed E-state index contributed by atoms with van der Waals surface area (Å²) in [6.45, 7) is 10.6. The van der Waals surface area contributed by atoms with Crippen molar-refractivity contribution < 1.29 is 28.7 Å². The first kappa shape index (κ1) is 23.1. The first-order valence-corrected chi connectivity index (χ1v) is 13.8. The number of allylic oxidation sites excluding steroid dienone is 2. The quantitative estimate of drug-likeness (QED) is 0.473. The Morgan fingerprint density at radius 3 is 2.56 bits per heavy atom. The van der Waals surface area contributed by atoms with E-state index in [1.54, 1.807) is 6.08 Å². The Kier molecular flexibility index (Phi) is 4.18. The fourth-order valence-electron chi connectivity index (χ4n) is 10.8. The molecule has 0 radical (unpaired) electrons. The summed E-state index contributed by atoms with van der Waals surface area (Å²) in [6, 6.07) is 0. The number of carbonyl (C=O) groups is 4. The molecule has 7 nitrogen and oxygen atoms in total. The molecule has 7 aliphatic rings. The zero-order chi connectivity index (χ0) is 25.6. The number of piperidine rings is 1. The summed E-state index contributed by atoms with van der Waals surface area (Å²) >= 11 is 0. The van der Waals surface area contributed by atoms with Crippen LogP contribution in [0.2, 0.25) is 0 Å². The Bertz CT molecular complexity index is 1180. The van der Waals surface area contributed by atoms with Gasteiger partial charge in [0.25, 0.3) is 5.91 Å². The first-order valence-electron chi connectivity index (χ1n) is 13.8. The van der Waals surface area contributed by atoms with Gasteiger partial charge in [-0.1, -0.05) is 33.3 Å². The van der Waals surface area contributed by atoms with Crippen molar-refractivity contribution in [2.75, 3.05) is 0 Å². The van der Waals surface area contributed by atoms with Crippen molar-refractivity contribution in [1.82, 2.24) is 4.90 Å². The second kappa shape index (κ2) is 6.51. The molecule has 2 saturated carbocycles. The molecule has 6 fully saturated rings. The summed E-state index contributed by atoms with van der Waals surface area (Å²) in [5.74, 6) is -0.650. The minimum atomic E-state index is -1.18. The lowest BCUT2D eigenvalue weighted by Crippen LogP contribution is -2.83. The Labute approximate surface area is 212 Å². The summed E-state index contributed by atoms with van der Waals surface area (Å²) in [5, 5.41) is 0. The van der Waals surface area contributed by atoms with Crippen LogP contribution in [-0.2, 0) is 28.7 Å². The minimum absolute atomic E-state index is 0.0231. The van der Waals surface area contributed by atoms with E-state index in [2.05, 4.69) is 27.7 Å². The molecule has 7 rings (SSSR count). The summed E-state index contributed by atoms with van der Waals surface area (Å²) in [4.78, 5) is 56.5. The number of rotatable bonds is 0. The molecule has 4 heterocycles. The molecule has 194 valence electrons. The van der Waals surface area contributed by atoms with E-state index in [0.717, 1.165) is 24.8 Å². The Hall–Kier alpha value is -2.02. The van der Waals surface area contributed by atoms with Gasteiger partial charge in [-0.15, -0.1) is 0 Å². The van der Waals surface area contributed by atoms with Crippen molar-refractivity contribution in [3.8, 4) is 0 Å². The molecule has 0 aromatic heterocycles. The number of amides is 1. The normalized spacial score (nSPS) is 55.2. The van der Waals surface area contributed by atoms with Gasteiger partial charge in [0, 0.05) is 30.1 Å². The van der Waals surface area contributed by atoms with Crippen molar-refractivity contribution in [2.24, 2.45) is 39.9 Å². The lowest BCUT2D eigenvalue weighted by molar-refractivity contribution is -0.373. The molecular formula is C29H37NO6. The van der Waals surface area contributed by atoms with Gasteiger partial charge in [0.2, 0.25) is 0 Å². The Morgan fingerprint density at radius 1 is 1.06 bits per heavy atom. The van der Waals surface area contributed by atoms with Crippen LogP contribution in [0.25, 0.3) is 0 Å². The third kappa shape index (κ3) is 2.32. The van der Waals surface area contributed by atoms with Gasteiger partial charge in [-0.25, -0.2) is 0 Å². The zero-order valence-corrected chi connectivity index (χ0v) is 22.0. The molecule has 10 unspecified atom stereocenters. The van der Waals surface area contributed by atoms with Crippen molar-refractivity contribution in [3.05, 3.63) is 11.6 Å². The topological polar surface area (TPSA) is 90.0 Å². The molecule has 1 spiro atoms. The number of hydrogen-bond donors (Lipinski definition) is 0. The molecule has 7 heteroatoms. The number of ether oxygens (including phenoxy) is 2. The van der Waals surface area contributed by atoms with Gasteiger partial charge in [0.1, 0.15) is 17.6 Å². The van der Waals surface area contributed by atoms with Crippen LogP contribution >= 0.6 is 0 Å². The average Bonchev–Trinajstić information content (AvgIpc) is 2.96. The predicted molar refractivity (Wildman–Crippen MR) is 128 cm³/mol. The highest BCUT2D eigenvalue weighted by atomic mass is 16.6. The molecule has 4 bridgehead atoms. The summed E-state index contributed by atoms with van der Waals surface area (Å²) < 4.78 is 13.0. The van der Waals surface area contributed by atoms with Crippen LogP contribution in [0.15, 0.2) is 11.6 Å². The van der Waals surface area contributed by atoms with Gasteiger partial charge >= 0.3 is 5.97 Å². The van der Waals surface area contributed by atoms with E-state index < -0.39 is 33.8 Å². The van der Waals surface area contributed by atoms with Gasteiger partial charge in [-0.2, -0.15) is 0 Å². The molecule has 1 amide bonds. The van der Waals surface area contributed by atoms with Crippen LogP contribution in [0, 0.1) is 39.9 Å². The number of hydrogen-bond acceptors (Lipinski definition) is 6. The van der Waals surface area contributed by atoms with Crippen molar-refractivity contribution >= 4 is 23.4 Å². The Morgan fingerprint density at radius 2 is 1.81 bits per heavy atom. The van der Waals surface area contributed by atoms with Crippen LogP contribution in [0.3, 0.4) is 0 Å². The Balaban J connectivity index is 1.47. The lowest BCUT2D eigenvalue weighted by atomic mass is 9.34. The van der Waals surface area contributed by atoms with Crippen LogP contribution < -0.4 is 0 Å². The molecule has 4 aliphatic heterocycles. The third-order valence-electron chi connectivity index (χ3n) is 12.1. The van der Waals surface area contributed by atoms with E-state index in [0.29, 0.717) is 25.2 Å². The smallest absolute Gasteiger partial charge is 0.308 e. The highest BCUT2D eigenvalue weighted by Gasteiger charge is 2.83. The maximum Gasteiger partial charge on any atom is 0.308 e. The second-order valence-electron chi connectivity index (χ2n) is 14.1. The highest BCUT2D eigenvalue weighted by Crippen LogP contribution is 2.77. The molecule has 36 heavy (non-hydrogen) atoms. The summed E-state index contributed by atoms with van der Waals surface area (Å²) in [5.41, 5.74) is -2.76. The minimum Gasteiger partial charge on any atom is -0.438 e. The maximum absolute atomic E-state index is 14.1. The third-order valence-corrected chi connectivity index (χ3v) is 12.1. The number of carbonyl (C=O) groups excluding carboxylic acids is 4. The van der Waals surface area contributed by atoms with Crippen LogP contribution in [-0.4, -0.2) is 45.9 Å². The largest absolute Gasteiger partial charge is 0.438 e. The summed E-state index contributed by atoms with van der Waals surface area (Å²) in [6.07, 6.45) is 5.57. The predicted octanol–water partition coefficient (Wildman–Crippen LogP) is 3.94. The van der Waals surface area contributed by atoms with E-state index in [1.807, 2.05) is 11.8 Å². The SMILES string of the molecule is CC1=CC(=O)C2CC(=O)C3C(C)(CC45OC(=O)CC3(C)C4(C)CCC34CC(C)CC(O3)C(=O)N45)C2C1. The maximum atomic E-state index is 14.1. The molecule has 0 aromatic carbocycles. The van der Waals surface area contributed by atoms with Crippen LogP contribution in [0.4, 0.5) is 0 Å². The highest BCUT2D eigenvalue weighted by molar-refractivity contribution is 5.99. The molecule has 3 aliphatic carbocycles. The number of esters is 1. The second-order valence-corrected chi connectivity index (χ2v) is 14.1. The zero-order valence-electron chi connectivity index (χ0n) is 22.0. The van der Waals surface area contributed by atoms with Gasteiger partial charge in [-0.05, 0) is 67.8 Å². The monoisotopic (exact) mass is 495 g/mol. The van der Waals surface area contributed by atoms with Crippen LogP contribution in [0.5, 0.6) is 0 Å². The number of ketones is 2.